The van der Waals surface area contributed by atoms with Crippen LogP contribution in [0.1, 0.15) is 53.4 Å². The summed E-state index contributed by atoms with van der Waals surface area (Å²) in [5.41, 5.74) is 0.487. The number of hydrogen-bond donors (Lipinski definition) is 1. The van der Waals surface area contributed by atoms with E-state index in [-0.39, 0.29) is 5.78 Å². The average Bonchev–Trinajstić information content (AvgIpc) is 3.71. The number of carbonyl (C=O) groups excluding carboxylic acids is 1. The lowest BCUT2D eigenvalue weighted by Gasteiger charge is -2.44. The van der Waals surface area contributed by atoms with Crippen LogP contribution in [0.4, 0.5) is 0 Å². The molecule has 15 heteroatoms. The molecule has 1 saturated carbocycles. The minimum absolute atomic E-state index is 0.304. The van der Waals surface area contributed by atoms with Crippen molar-refractivity contribution in [1.29, 1.82) is 0 Å². The van der Waals surface area contributed by atoms with Crippen LogP contribution in [0, 0.1) is 0 Å². The van der Waals surface area contributed by atoms with E-state index in [1.165, 1.54) is 0 Å². The molecule has 4 aromatic rings. The fraction of sp³-hybridized carbons (Fsp3) is 0.289. The SMILES string of the molecule is CO.COc1ccc([C@H]2C(c3c(Cl)cccc3Cl)=NO[C@@]23CCC[C@@]2(ON=C(c4c(Cl)cccc4Cl)[C@@H]2c2ccc(OC)cc2)C3=O)cc1.ClC(Cl)Cl. The summed E-state index contributed by atoms with van der Waals surface area (Å²) in [7, 11) is 4.19. The predicted molar refractivity (Wildman–Crippen MR) is 213 cm³/mol. The Balaban J connectivity index is 0.000000847. The summed E-state index contributed by atoms with van der Waals surface area (Å²) in [5, 5.41) is 17.7. The molecule has 3 aliphatic rings. The molecule has 2 heterocycles. The lowest BCUT2D eigenvalue weighted by atomic mass is 9.60. The molecule has 1 aliphatic carbocycles. The van der Waals surface area contributed by atoms with Crippen LogP contribution in [0.3, 0.4) is 0 Å². The number of ketones is 1. The zero-order chi connectivity index (χ0) is 38.5. The average molecular weight is 862 g/mol. The highest BCUT2D eigenvalue weighted by molar-refractivity contribution is 6.63. The first-order valence-electron chi connectivity index (χ1n) is 16.1. The summed E-state index contributed by atoms with van der Waals surface area (Å²) in [4.78, 5) is 28.3. The summed E-state index contributed by atoms with van der Waals surface area (Å²) < 4.78 is 10.1. The number of methoxy groups -OCH3 is 2. The molecule has 8 nitrogen and oxygen atoms in total. The summed E-state index contributed by atoms with van der Waals surface area (Å²) >= 11 is 41.4. The molecule has 0 aromatic heterocycles. The van der Waals surface area contributed by atoms with Crippen LogP contribution in [0.25, 0.3) is 0 Å². The third kappa shape index (κ3) is 7.94. The van der Waals surface area contributed by atoms with Gasteiger partial charge in [0.05, 0.1) is 46.1 Å². The Bertz CT molecular complexity index is 1810. The van der Waals surface area contributed by atoms with E-state index in [2.05, 4.69) is 10.3 Å². The predicted octanol–water partition coefficient (Wildman–Crippen LogP) is 10.9. The van der Waals surface area contributed by atoms with E-state index < -0.39 is 27.3 Å². The number of carbonyl (C=O) groups is 1. The quantitative estimate of drug-likeness (QED) is 0.194. The van der Waals surface area contributed by atoms with Gasteiger partial charge < -0.3 is 24.3 Å². The van der Waals surface area contributed by atoms with Crippen LogP contribution in [-0.4, -0.2) is 59.1 Å². The van der Waals surface area contributed by atoms with E-state index in [4.69, 9.17) is 105 Å². The second-order valence-electron chi connectivity index (χ2n) is 12.0. The van der Waals surface area contributed by atoms with Gasteiger partial charge in [0.2, 0.25) is 17.0 Å². The normalized spacial score (nSPS) is 22.9. The van der Waals surface area contributed by atoms with Gasteiger partial charge in [-0.3, -0.25) is 4.79 Å². The van der Waals surface area contributed by atoms with Crippen molar-refractivity contribution in [2.24, 2.45) is 10.3 Å². The maximum absolute atomic E-state index is 15.5. The molecule has 4 atom stereocenters. The summed E-state index contributed by atoms with van der Waals surface area (Å²) in [6, 6.07) is 25.4. The maximum atomic E-state index is 15.5. The van der Waals surface area contributed by atoms with E-state index in [0.29, 0.717) is 73.4 Å². The monoisotopic (exact) mass is 858 g/mol. The van der Waals surface area contributed by atoms with Crippen LogP contribution in [0.2, 0.25) is 20.1 Å². The number of halogens is 7. The van der Waals surface area contributed by atoms with Crippen molar-refractivity contribution in [1.82, 2.24) is 0 Å². The van der Waals surface area contributed by atoms with Gasteiger partial charge in [0.25, 0.3) is 0 Å². The first kappa shape index (κ1) is 41.2. The van der Waals surface area contributed by atoms with Gasteiger partial charge in [-0.1, -0.05) is 128 Å². The van der Waals surface area contributed by atoms with Gasteiger partial charge in [0.15, 0.2) is 4.30 Å². The highest BCUT2D eigenvalue weighted by Crippen LogP contribution is 2.57. The molecule has 2 aliphatic heterocycles. The number of benzene rings is 4. The zero-order valence-corrected chi connectivity index (χ0v) is 33.8. The molecular weight excluding hydrogens is 829 g/mol. The minimum Gasteiger partial charge on any atom is -0.497 e. The lowest BCUT2D eigenvalue weighted by molar-refractivity contribution is -0.177. The number of alkyl halides is 3. The van der Waals surface area contributed by atoms with Crippen LogP contribution in [0.15, 0.2) is 95.2 Å². The van der Waals surface area contributed by atoms with Crippen molar-refractivity contribution < 1.29 is 29.0 Å². The standard InChI is InChI=1S/C36H28Cl4N2O5.CHCl3.CH4O/c1-44-22-14-10-20(11-15-22)30-32(28-24(37)6-3-7-25(28)38)41-46-35(30)18-5-19-36(34(35)43)31(21-12-16-23(45-2)17-13-21)33(42-47-36)29-26(39)8-4-9-27(29)40;2-1(3)4;1-2/h3-4,6-17,30-31H,5,18-19H2,1-2H3;1H;2H,1H3/t30-,31-,35-,36-;;/m0../s1. The molecule has 53 heavy (non-hydrogen) atoms. The van der Waals surface area contributed by atoms with E-state index in [1.807, 2.05) is 48.5 Å². The van der Waals surface area contributed by atoms with E-state index in [9.17, 15) is 0 Å². The molecule has 1 fully saturated rings. The summed E-state index contributed by atoms with van der Waals surface area (Å²) in [5.74, 6) is -0.361. The first-order chi connectivity index (χ1) is 25.5. The zero-order valence-electron chi connectivity index (χ0n) is 28.5. The minimum atomic E-state index is -1.48. The van der Waals surface area contributed by atoms with Gasteiger partial charge in [-0.2, -0.15) is 0 Å². The maximum Gasteiger partial charge on any atom is 0.227 e. The van der Waals surface area contributed by atoms with Crippen molar-refractivity contribution in [3.8, 4) is 11.5 Å². The highest BCUT2D eigenvalue weighted by atomic mass is 35.6. The van der Waals surface area contributed by atoms with Gasteiger partial charge in [-0.05, 0) is 78.9 Å². The van der Waals surface area contributed by atoms with Crippen LogP contribution < -0.4 is 9.47 Å². The number of ether oxygens (including phenoxy) is 2. The Morgan fingerprint density at radius 3 is 1.26 bits per heavy atom. The third-order valence-corrected chi connectivity index (χ3v) is 10.6. The molecule has 280 valence electrons. The molecule has 7 rings (SSSR count). The number of Topliss-reactive ketones (excluding diaryl/α,β-unsaturated/α-hetero) is 1. The number of oxime groups is 2. The first-order valence-corrected chi connectivity index (χ1v) is 18.9. The lowest BCUT2D eigenvalue weighted by Crippen LogP contribution is -2.61. The molecule has 4 aromatic carbocycles. The molecule has 0 bridgehead atoms. The topological polar surface area (TPSA) is 98.9 Å². The van der Waals surface area contributed by atoms with Gasteiger partial charge in [-0.15, -0.1) is 0 Å². The van der Waals surface area contributed by atoms with Crippen LogP contribution in [0.5, 0.6) is 11.5 Å². The smallest absolute Gasteiger partial charge is 0.227 e. The van der Waals surface area contributed by atoms with Crippen molar-refractivity contribution in [2.45, 2.75) is 46.6 Å². The summed E-state index contributed by atoms with van der Waals surface area (Å²) in [6.07, 6.45) is 1.28. The number of aliphatic hydroxyl groups excluding tert-OH is 1. The molecule has 0 unspecified atom stereocenters. The van der Waals surface area contributed by atoms with Gasteiger partial charge >= 0.3 is 0 Å². The molecule has 0 amide bonds. The number of rotatable bonds is 6. The Morgan fingerprint density at radius 2 is 0.962 bits per heavy atom. The largest absolute Gasteiger partial charge is 0.497 e. The van der Waals surface area contributed by atoms with Crippen LogP contribution >= 0.6 is 81.2 Å². The van der Waals surface area contributed by atoms with Crippen LogP contribution in [-0.2, 0) is 14.5 Å². The summed E-state index contributed by atoms with van der Waals surface area (Å²) in [6.45, 7) is 0. The Hall–Kier alpha value is -2.92. The van der Waals surface area contributed by atoms with Crippen molar-refractivity contribution in [2.75, 3.05) is 21.3 Å². The Kier molecular flexibility index (Phi) is 13.8. The van der Waals surface area contributed by atoms with Gasteiger partial charge in [-0.25, -0.2) is 0 Å². The van der Waals surface area contributed by atoms with Crippen molar-refractivity contribution in [3.63, 3.8) is 0 Å². The number of hydrogen-bond acceptors (Lipinski definition) is 8. The molecule has 0 radical (unpaired) electrons. The van der Waals surface area contributed by atoms with Crippen molar-refractivity contribution in [3.05, 3.63) is 127 Å². The number of aliphatic hydroxyl groups is 1. The van der Waals surface area contributed by atoms with E-state index >= 15 is 4.79 Å². The Morgan fingerprint density at radius 1 is 0.642 bits per heavy atom. The fourth-order valence-electron chi connectivity index (χ4n) is 7.15. The van der Waals surface area contributed by atoms with E-state index in [0.717, 1.165) is 18.2 Å². The molecule has 2 spiro atoms. The van der Waals surface area contributed by atoms with Gasteiger partial charge in [0.1, 0.15) is 22.9 Å². The number of nitrogens with zero attached hydrogens (tertiary/aromatic N) is 2. The second kappa shape index (κ2) is 17.7. The highest BCUT2D eigenvalue weighted by Gasteiger charge is 2.69. The van der Waals surface area contributed by atoms with Crippen molar-refractivity contribution >= 4 is 98.4 Å². The molecule has 0 saturated heterocycles. The molecular formula is C38H33Cl7N2O6. The second-order valence-corrected chi connectivity index (χ2v) is 15.6. The van der Waals surface area contributed by atoms with E-state index in [1.54, 1.807) is 50.6 Å². The Labute approximate surface area is 342 Å². The molecule has 1 N–H and O–H groups in total. The fourth-order valence-corrected chi connectivity index (χ4v) is 8.33. The van der Waals surface area contributed by atoms with Gasteiger partial charge in [0, 0.05) is 18.2 Å². The third-order valence-electron chi connectivity index (χ3n) is 9.29.